The molecule has 0 saturated carbocycles. The predicted octanol–water partition coefficient (Wildman–Crippen LogP) is 2.22. The number of aliphatic hydroxyl groups excluding tert-OH is 1. The van der Waals surface area contributed by atoms with Crippen LogP contribution < -0.4 is 10.6 Å². The van der Waals surface area contributed by atoms with E-state index in [1.807, 2.05) is 44.2 Å². The second kappa shape index (κ2) is 9.22. The van der Waals surface area contributed by atoms with Gasteiger partial charge in [0, 0.05) is 30.9 Å². The first-order valence-corrected chi connectivity index (χ1v) is 11.0. The maximum atomic E-state index is 13.2. The normalized spacial score (nSPS) is 19.7. The van der Waals surface area contributed by atoms with Crippen molar-refractivity contribution in [3.8, 4) is 0 Å². The molecule has 3 heterocycles. The number of anilines is 1. The van der Waals surface area contributed by atoms with Crippen molar-refractivity contribution in [1.82, 2.24) is 25.1 Å². The highest BCUT2D eigenvalue weighted by Gasteiger charge is 2.42. The second-order valence-electron chi connectivity index (χ2n) is 8.84. The maximum Gasteiger partial charge on any atom is 0.409 e. The average molecular weight is 455 g/mol. The smallest absolute Gasteiger partial charge is 0.409 e. The minimum absolute atomic E-state index is 0.0344. The van der Waals surface area contributed by atoms with Gasteiger partial charge in [-0.05, 0) is 25.8 Å². The van der Waals surface area contributed by atoms with E-state index in [0.717, 1.165) is 23.2 Å². The Balaban J connectivity index is 1.44. The first-order chi connectivity index (χ1) is 15.8. The summed E-state index contributed by atoms with van der Waals surface area (Å²) in [4.78, 5) is 37.3. The van der Waals surface area contributed by atoms with Gasteiger partial charge in [-0.3, -0.25) is 0 Å². The number of nitrogens with one attached hydrogen (secondary N) is 2. The molecule has 10 heteroatoms. The lowest BCUT2D eigenvalue weighted by Gasteiger charge is -2.33. The van der Waals surface area contributed by atoms with E-state index >= 15 is 0 Å². The molecule has 10 nitrogen and oxygen atoms in total. The fraction of sp³-hybridized carbons (Fsp3) is 0.478. The summed E-state index contributed by atoms with van der Waals surface area (Å²) < 4.78 is 4.78. The number of rotatable bonds is 5. The summed E-state index contributed by atoms with van der Waals surface area (Å²) in [6, 6.07) is 8.64. The monoisotopic (exact) mass is 454 g/mol. The Morgan fingerprint density at radius 2 is 2.06 bits per heavy atom. The van der Waals surface area contributed by atoms with Crippen molar-refractivity contribution in [2.75, 3.05) is 32.1 Å². The number of fused-ring (bicyclic) bond motifs is 1. The largest absolute Gasteiger partial charge is 0.453 e. The van der Waals surface area contributed by atoms with E-state index in [1.54, 1.807) is 16.0 Å². The summed E-state index contributed by atoms with van der Waals surface area (Å²) in [6.45, 7) is 5.18. The van der Waals surface area contributed by atoms with Gasteiger partial charge in [-0.25, -0.2) is 19.6 Å². The number of carbonyl (C=O) groups is 2. The number of likely N-dealkylation sites (tertiary alicyclic amines) is 1. The standard InChI is InChI=1S/C23H30N6O4/c1-23(2)17-11-24-20(25-16-9-10-28(12-16)22(32)33-3)26-18(17)13-29(23)21(31)27-19(14-30)15-7-5-4-6-8-15/h4-8,11,16,19,30H,9-10,12-14H2,1-3H3,(H,27,31)(H,24,25,26)/t16?,19-/m1/s1. The third-order valence-electron chi connectivity index (χ3n) is 6.39. The van der Waals surface area contributed by atoms with Gasteiger partial charge in [0.2, 0.25) is 5.95 Å². The van der Waals surface area contributed by atoms with Gasteiger partial charge in [-0.15, -0.1) is 0 Å². The van der Waals surface area contributed by atoms with E-state index in [2.05, 4.69) is 20.6 Å². The molecule has 33 heavy (non-hydrogen) atoms. The topological polar surface area (TPSA) is 120 Å². The van der Waals surface area contributed by atoms with Gasteiger partial charge in [-0.1, -0.05) is 30.3 Å². The second-order valence-corrected chi connectivity index (χ2v) is 8.84. The van der Waals surface area contributed by atoms with Gasteiger partial charge in [0.25, 0.3) is 0 Å². The molecule has 2 aliphatic heterocycles. The van der Waals surface area contributed by atoms with Crippen LogP contribution >= 0.6 is 0 Å². The molecule has 0 aliphatic carbocycles. The number of urea groups is 1. The van der Waals surface area contributed by atoms with Crippen molar-refractivity contribution in [3.63, 3.8) is 0 Å². The maximum absolute atomic E-state index is 13.2. The quantitative estimate of drug-likeness (QED) is 0.634. The number of hydrogen-bond acceptors (Lipinski definition) is 7. The number of nitrogens with zero attached hydrogens (tertiary/aromatic N) is 4. The van der Waals surface area contributed by atoms with Crippen LogP contribution in [-0.2, 0) is 16.8 Å². The van der Waals surface area contributed by atoms with Crippen LogP contribution in [0.15, 0.2) is 36.5 Å². The summed E-state index contributed by atoms with van der Waals surface area (Å²) in [5, 5.41) is 16.0. The number of carbonyl (C=O) groups excluding carboxylic acids is 2. The summed E-state index contributed by atoms with van der Waals surface area (Å²) in [6.07, 6.45) is 2.19. The zero-order chi connectivity index (χ0) is 23.6. The molecule has 1 fully saturated rings. The molecule has 1 aromatic carbocycles. The van der Waals surface area contributed by atoms with Crippen molar-refractivity contribution in [1.29, 1.82) is 0 Å². The number of aromatic nitrogens is 2. The van der Waals surface area contributed by atoms with E-state index in [1.165, 1.54) is 7.11 Å². The number of methoxy groups -OCH3 is 1. The molecule has 0 spiro atoms. The van der Waals surface area contributed by atoms with Gasteiger partial charge >= 0.3 is 12.1 Å². The fourth-order valence-corrected chi connectivity index (χ4v) is 4.44. The van der Waals surface area contributed by atoms with Crippen LogP contribution in [0.25, 0.3) is 0 Å². The zero-order valence-electron chi connectivity index (χ0n) is 19.1. The lowest BCUT2D eigenvalue weighted by atomic mass is 9.97. The fourth-order valence-electron chi connectivity index (χ4n) is 4.44. The predicted molar refractivity (Wildman–Crippen MR) is 121 cm³/mol. The Bertz CT molecular complexity index is 1020. The van der Waals surface area contributed by atoms with Crippen molar-refractivity contribution < 1.29 is 19.4 Å². The Kier molecular flexibility index (Phi) is 6.37. The highest BCUT2D eigenvalue weighted by atomic mass is 16.5. The van der Waals surface area contributed by atoms with Gasteiger partial charge in [0.1, 0.15) is 0 Å². The molecule has 176 valence electrons. The first kappa shape index (κ1) is 22.8. The highest BCUT2D eigenvalue weighted by Crippen LogP contribution is 2.38. The molecule has 2 aromatic rings. The molecule has 3 amide bonds. The third kappa shape index (κ3) is 4.56. The van der Waals surface area contributed by atoms with Crippen molar-refractivity contribution in [2.24, 2.45) is 0 Å². The van der Waals surface area contributed by atoms with Gasteiger partial charge in [0.15, 0.2) is 0 Å². The number of benzene rings is 1. The molecule has 1 unspecified atom stereocenters. The third-order valence-corrected chi connectivity index (χ3v) is 6.39. The minimum Gasteiger partial charge on any atom is -0.453 e. The molecule has 0 radical (unpaired) electrons. The molecule has 1 aromatic heterocycles. The summed E-state index contributed by atoms with van der Waals surface area (Å²) in [5.74, 6) is 0.473. The molecule has 0 bridgehead atoms. The molecule has 4 rings (SSSR count). The highest BCUT2D eigenvalue weighted by molar-refractivity contribution is 5.77. The van der Waals surface area contributed by atoms with Gasteiger partial charge in [0.05, 0.1) is 37.5 Å². The molecular weight excluding hydrogens is 424 g/mol. The first-order valence-electron chi connectivity index (χ1n) is 11.0. The molecule has 2 atom stereocenters. The molecule has 1 saturated heterocycles. The van der Waals surface area contributed by atoms with Gasteiger partial charge < -0.3 is 30.3 Å². The number of hydrogen-bond donors (Lipinski definition) is 3. The Labute approximate surface area is 193 Å². The van der Waals surface area contributed by atoms with Crippen LogP contribution in [0.2, 0.25) is 0 Å². The molecule has 2 aliphatic rings. The molecular formula is C23H30N6O4. The van der Waals surface area contributed by atoms with Gasteiger partial charge in [-0.2, -0.15) is 0 Å². The van der Waals surface area contributed by atoms with E-state index in [-0.39, 0.29) is 24.8 Å². The number of amides is 3. The van der Waals surface area contributed by atoms with E-state index in [0.29, 0.717) is 25.6 Å². The zero-order valence-corrected chi connectivity index (χ0v) is 19.1. The van der Waals surface area contributed by atoms with Crippen LogP contribution in [0.1, 0.15) is 43.1 Å². The van der Waals surface area contributed by atoms with E-state index in [9.17, 15) is 14.7 Å². The van der Waals surface area contributed by atoms with Crippen LogP contribution in [-0.4, -0.2) is 69.8 Å². The number of aliphatic hydroxyl groups is 1. The van der Waals surface area contributed by atoms with Crippen molar-refractivity contribution in [3.05, 3.63) is 53.3 Å². The lowest BCUT2D eigenvalue weighted by Crippen LogP contribution is -2.47. The summed E-state index contributed by atoms with van der Waals surface area (Å²) >= 11 is 0. The Hall–Kier alpha value is -3.40. The lowest BCUT2D eigenvalue weighted by molar-refractivity contribution is 0.132. The SMILES string of the molecule is COC(=O)N1CCC(Nc2ncc3c(n2)CN(C(=O)N[C@H](CO)c2ccccc2)C3(C)C)C1. The van der Waals surface area contributed by atoms with Crippen LogP contribution in [0.3, 0.4) is 0 Å². The Morgan fingerprint density at radius 1 is 1.30 bits per heavy atom. The van der Waals surface area contributed by atoms with Crippen molar-refractivity contribution in [2.45, 2.75) is 44.4 Å². The van der Waals surface area contributed by atoms with Crippen LogP contribution in [0, 0.1) is 0 Å². The van der Waals surface area contributed by atoms with E-state index in [4.69, 9.17) is 4.74 Å². The minimum atomic E-state index is -0.607. The summed E-state index contributed by atoms with van der Waals surface area (Å²) in [7, 11) is 1.37. The average Bonchev–Trinajstić information content (AvgIpc) is 3.39. The number of ether oxygens (including phenoxy) is 1. The molecule has 3 N–H and O–H groups in total. The van der Waals surface area contributed by atoms with Crippen molar-refractivity contribution >= 4 is 18.1 Å². The Morgan fingerprint density at radius 3 is 2.76 bits per heavy atom. The van der Waals surface area contributed by atoms with Crippen LogP contribution in [0.4, 0.5) is 15.5 Å². The van der Waals surface area contributed by atoms with E-state index < -0.39 is 11.6 Å². The van der Waals surface area contributed by atoms with Crippen LogP contribution in [0.5, 0.6) is 0 Å². The summed E-state index contributed by atoms with van der Waals surface area (Å²) in [5.41, 5.74) is 1.89.